The van der Waals surface area contributed by atoms with Crippen LogP contribution in [0.3, 0.4) is 0 Å². The predicted molar refractivity (Wildman–Crippen MR) is 46.0 cm³/mol. The first kappa shape index (κ1) is 8.10. The minimum Gasteiger partial charge on any atom is -0.0654 e. The molecule has 0 heteroatoms. The van der Waals surface area contributed by atoms with E-state index in [0.717, 1.165) is 5.41 Å². The van der Waals surface area contributed by atoms with Crippen molar-refractivity contribution in [2.45, 2.75) is 53.4 Å². The Balaban J connectivity index is 2.50. The fourth-order valence-electron chi connectivity index (χ4n) is 2.49. The molecule has 0 aromatic rings. The highest BCUT2D eigenvalue weighted by atomic mass is 14.6. The van der Waals surface area contributed by atoms with Crippen molar-refractivity contribution in [3.63, 3.8) is 0 Å². The van der Waals surface area contributed by atoms with E-state index in [1.165, 1.54) is 25.7 Å². The van der Waals surface area contributed by atoms with Crippen molar-refractivity contribution >= 4 is 0 Å². The Hall–Kier alpha value is 0. The highest BCUT2D eigenvalue weighted by molar-refractivity contribution is 5.07. The van der Waals surface area contributed by atoms with Gasteiger partial charge in [-0.2, -0.15) is 0 Å². The van der Waals surface area contributed by atoms with E-state index in [4.69, 9.17) is 0 Å². The summed E-state index contributed by atoms with van der Waals surface area (Å²) < 4.78 is 0. The molecule has 0 N–H and O–H groups in total. The van der Waals surface area contributed by atoms with Crippen molar-refractivity contribution in [1.82, 2.24) is 0 Å². The van der Waals surface area contributed by atoms with Crippen molar-refractivity contribution in [3.8, 4) is 0 Å². The summed E-state index contributed by atoms with van der Waals surface area (Å²) in [5.41, 5.74) is 1.40. The van der Waals surface area contributed by atoms with E-state index in [9.17, 15) is 0 Å². The predicted octanol–water partition coefficient (Wildman–Crippen LogP) is 3.61. The summed E-state index contributed by atoms with van der Waals surface area (Å²) in [6, 6.07) is 0. The standard InChI is InChI=1S/C10H20/c1-5-7-10(6-2)8-9(10,3)4/h5-8H2,1-4H3. The molecular weight excluding hydrogens is 120 g/mol. The summed E-state index contributed by atoms with van der Waals surface area (Å²) in [7, 11) is 0. The Morgan fingerprint density at radius 1 is 1.20 bits per heavy atom. The molecular formula is C10H20. The maximum absolute atomic E-state index is 2.41. The van der Waals surface area contributed by atoms with Crippen LogP contribution in [-0.2, 0) is 0 Å². The van der Waals surface area contributed by atoms with Gasteiger partial charge in [-0.1, -0.05) is 34.1 Å². The van der Waals surface area contributed by atoms with Gasteiger partial charge in [-0.05, 0) is 30.1 Å². The SMILES string of the molecule is CCCC1(CC)CC1(C)C. The minimum atomic E-state index is 0.664. The molecule has 0 nitrogen and oxygen atoms in total. The van der Waals surface area contributed by atoms with Crippen LogP contribution in [0.2, 0.25) is 0 Å². The largest absolute Gasteiger partial charge is 0.0654 e. The first-order valence-corrected chi connectivity index (χ1v) is 4.58. The second kappa shape index (κ2) is 2.25. The zero-order valence-corrected chi connectivity index (χ0v) is 7.83. The highest BCUT2D eigenvalue weighted by Gasteiger charge is 2.58. The zero-order valence-electron chi connectivity index (χ0n) is 7.83. The third-order valence-electron chi connectivity index (χ3n) is 3.50. The Bertz CT molecular complexity index is 124. The molecule has 0 radical (unpaired) electrons. The van der Waals surface area contributed by atoms with Crippen LogP contribution in [-0.4, -0.2) is 0 Å². The molecule has 10 heavy (non-hydrogen) atoms. The van der Waals surface area contributed by atoms with Crippen LogP contribution >= 0.6 is 0 Å². The van der Waals surface area contributed by atoms with Gasteiger partial charge in [0.2, 0.25) is 0 Å². The molecule has 60 valence electrons. The lowest BCUT2D eigenvalue weighted by atomic mass is 9.89. The van der Waals surface area contributed by atoms with Crippen molar-refractivity contribution in [3.05, 3.63) is 0 Å². The van der Waals surface area contributed by atoms with Gasteiger partial charge in [-0.15, -0.1) is 0 Å². The fraction of sp³-hybridized carbons (Fsp3) is 1.00. The van der Waals surface area contributed by atoms with Gasteiger partial charge in [-0.3, -0.25) is 0 Å². The van der Waals surface area contributed by atoms with Gasteiger partial charge in [-0.25, -0.2) is 0 Å². The second-order valence-corrected chi connectivity index (χ2v) is 4.44. The van der Waals surface area contributed by atoms with Crippen LogP contribution in [0.15, 0.2) is 0 Å². The molecule has 0 spiro atoms. The van der Waals surface area contributed by atoms with Gasteiger partial charge in [0.1, 0.15) is 0 Å². The molecule has 1 rings (SSSR count). The maximum Gasteiger partial charge on any atom is -0.0243 e. The Morgan fingerprint density at radius 2 is 1.70 bits per heavy atom. The van der Waals surface area contributed by atoms with E-state index in [1.807, 2.05) is 0 Å². The summed E-state index contributed by atoms with van der Waals surface area (Å²) in [6.07, 6.45) is 5.64. The lowest BCUT2D eigenvalue weighted by molar-refractivity contribution is 0.341. The second-order valence-electron chi connectivity index (χ2n) is 4.44. The van der Waals surface area contributed by atoms with Gasteiger partial charge in [0.05, 0.1) is 0 Å². The van der Waals surface area contributed by atoms with Gasteiger partial charge in [0.15, 0.2) is 0 Å². The first-order valence-electron chi connectivity index (χ1n) is 4.58. The smallest absolute Gasteiger partial charge is 0.0243 e. The van der Waals surface area contributed by atoms with Crippen LogP contribution < -0.4 is 0 Å². The van der Waals surface area contributed by atoms with E-state index in [-0.39, 0.29) is 0 Å². The average Bonchev–Trinajstić information content (AvgIpc) is 2.37. The zero-order chi connectivity index (χ0) is 7.83. The summed E-state index contributed by atoms with van der Waals surface area (Å²) in [4.78, 5) is 0. The molecule has 1 atom stereocenters. The lowest BCUT2D eigenvalue weighted by Gasteiger charge is -2.16. The van der Waals surface area contributed by atoms with Crippen LogP contribution in [0.4, 0.5) is 0 Å². The molecule has 0 saturated heterocycles. The third-order valence-corrected chi connectivity index (χ3v) is 3.50. The highest BCUT2D eigenvalue weighted by Crippen LogP contribution is 2.67. The minimum absolute atomic E-state index is 0.664. The van der Waals surface area contributed by atoms with Gasteiger partial charge >= 0.3 is 0 Å². The van der Waals surface area contributed by atoms with E-state index >= 15 is 0 Å². The van der Waals surface area contributed by atoms with Crippen molar-refractivity contribution in [2.75, 3.05) is 0 Å². The van der Waals surface area contributed by atoms with E-state index in [2.05, 4.69) is 27.7 Å². The maximum atomic E-state index is 2.41. The summed E-state index contributed by atoms with van der Waals surface area (Å²) in [6.45, 7) is 9.45. The van der Waals surface area contributed by atoms with Crippen molar-refractivity contribution in [2.24, 2.45) is 10.8 Å². The molecule has 0 aromatic carbocycles. The molecule has 0 amide bonds. The molecule has 1 fully saturated rings. The van der Waals surface area contributed by atoms with Crippen LogP contribution in [0.1, 0.15) is 53.4 Å². The van der Waals surface area contributed by atoms with E-state index in [1.54, 1.807) is 0 Å². The third kappa shape index (κ3) is 0.980. The molecule has 1 unspecified atom stereocenters. The topological polar surface area (TPSA) is 0 Å². The Kier molecular flexibility index (Phi) is 1.82. The number of rotatable bonds is 3. The van der Waals surface area contributed by atoms with E-state index < -0.39 is 0 Å². The monoisotopic (exact) mass is 140 g/mol. The van der Waals surface area contributed by atoms with Crippen LogP contribution in [0.25, 0.3) is 0 Å². The average molecular weight is 140 g/mol. The normalized spacial score (nSPS) is 36.0. The first-order chi connectivity index (χ1) is 4.58. The van der Waals surface area contributed by atoms with Gasteiger partial charge < -0.3 is 0 Å². The summed E-state index contributed by atoms with van der Waals surface area (Å²) >= 11 is 0. The fourth-order valence-corrected chi connectivity index (χ4v) is 2.49. The summed E-state index contributed by atoms with van der Waals surface area (Å²) in [5, 5.41) is 0. The molecule has 1 aliphatic rings. The molecule has 0 aromatic heterocycles. The van der Waals surface area contributed by atoms with Crippen molar-refractivity contribution < 1.29 is 0 Å². The summed E-state index contributed by atoms with van der Waals surface area (Å²) in [5.74, 6) is 0. The Morgan fingerprint density at radius 3 is 1.80 bits per heavy atom. The Labute approximate surface area is 65.0 Å². The molecule has 0 bridgehead atoms. The molecule has 0 heterocycles. The van der Waals surface area contributed by atoms with Gasteiger partial charge in [0, 0.05) is 0 Å². The molecule has 1 saturated carbocycles. The van der Waals surface area contributed by atoms with Crippen LogP contribution in [0, 0.1) is 10.8 Å². The lowest BCUT2D eigenvalue weighted by Crippen LogP contribution is -2.06. The van der Waals surface area contributed by atoms with Crippen LogP contribution in [0.5, 0.6) is 0 Å². The molecule has 1 aliphatic carbocycles. The number of hydrogen-bond acceptors (Lipinski definition) is 0. The molecule has 0 aliphatic heterocycles. The van der Waals surface area contributed by atoms with Crippen molar-refractivity contribution in [1.29, 1.82) is 0 Å². The number of hydrogen-bond donors (Lipinski definition) is 0. The quantitative estimate of drug-likeness (QED) is 0.561. The van der Waals surface area contributed by atoms with Gasteiger partial charge in [0.25, 0.3) is 0 Å². The van der Waals surface area contributed by atoms with E-state index in [0.29, 0.717) is 5.41 Å².